The Morgan fingerprint density at radius 2 is 1.83 bits per heavy atom. The Hall–Kier alpha value is -3.51. The van der Waals surface area contributed by atoms with Crippen LogP contribution >= 0.6 is 0 Å². The van der Waals surface area contributed by atoms with Crippen LogP contribution in [0.5, 0.6) is 5.75 Å². The van der Waals surface area contributed by atoms with Crippen molar-refractivity contribution >= 4 is 17.3 Å². The van der Waals surface area contributed by atoms with Crippen LogP contribution in [-0.4, -0.2) is 40.9 Å². The number of rotatable bonds is 8. The summed E-state index contributed by atoms with van der Waals surface area (Å²) in [7, 11) is 1.69. The lowest BCUT2D eigenvalue weighted by molar-refractivity contribution is 0.104. The zero-order valence-corrected chi connectivity index (χ0v) is 20.2. The Bertz CT molecular complexity index is 1180. The number of hydrogen-bond acceptors (Lipinski definition) is 6. The van der Waals surface area contributed by atoms with Crippen LogP contribution in [0.2, 0.25) is 0 Å². The number of ketones is 1. The Morgan fingerprint density at radius 1 is 1.06 bits per heavy atom. The molecule has 5 rings (SSSR count). The maximum atomic E-state index is 12.7. The highest BCUT2D eigenvalue weighted by atomic mass is 16.5. The average molecular weight is 469 g/mol. The van der Waals surface area contributed by atoms with Gasteiger partial charge in [0.15, 0.2) is 5.78 Å². The molecule has 180 valence electrons. The third-order valence-corrected chi connectivity index (χ3v) is 7.02. The first kappa shape index (κ1) is 23.2. The molecule has 1 aliphatic carbocycles. The predicted molar refractivity (Wildman–Crippen MR) is 138 cm³/mol. The number of nitrogens with one attached hydrogen (secondary N) is 1. The summed E-state index contributed by atoms with van der Waals surface area (Å²) in [5, 5.41) is 3.39. The number of benzene rings is 2. The van der Waals surface area contributed by atoms with Gasteiger partial charge in [-0.15, -0.1) is 0 Å². The minimum atomic E-state index is 0.0557. The van der Waals surface area contributed by atoms with Crippen LogP contribution < -0.4 is 10.1 Å². The zero-order chi connectivity index (χ0) is 24.0. The molecular weight excluding hydrogens is 436 g/mol. The molecule has 2 aliphatic rings. The van der Waals surface area contributed by atoms with E-state index in [1.165, 1.54) is 11.1 Å². The number of nitrogens with zero attached hydrogens (tertiary/aromatic N) is 3. The van der Waals surface area contributed by atoms with Gasteiger partial charge in [0.2, 0.25) is 0 Å². The van der Waals surface area contributed by atoms with Crippen LogP contribution in [0.15, 0.2) is 67.0 Å². The van der Waals surface area contributed by atoms with Crippen molar-refractivity contribution in [3.05, 3.63) is 89.4 Å². The first-order valence-electron chi connectivity index (χ1n) is 12.5. The smallest absolute Gasteiger partial charge is 0.185 e. The van der Waals surface area contributed by atoms with E-state index in [-0.39, 0.29) is 5.78 Å². The van der Waals surface area contributed by atoms with Crippen molar-refractivity contribution < 1.29 is 9.53 Å². The van der Waals surface area contributed by atoms with Crippen molar-refractivity contribution in [2.75, 3.05) is 25.5 Å². The number of methoxy groups -OCH3 is 1. The monoisotopic (exact) mass is 468 g/mol. The second-order valence-corrected chi connectivity index (χ2v) is 9.39. The van der Waals surface area contributed by atoms with E-state index in [1.54, 1.807) is 19.5 Å². The van der Waals surface area contributed by atoms with Crippen molar-refractivity contribution in [1.29, 1.82) is 0 Å². The molecule has 6 nitrogen and oxygen atoms in total. The summed E-state index contributed by atoms with van der Waals surface area (Å²) in [6.07, 6.45) is 10.8. The van der Waals surface area contributed by atoms with Crippen molar-refractivity contribution in [2.24, 2.45) is 5.92 Å². The van der Waals surface area contributed by atoms with E-state index in [1.807, 2.05) is 36.4 Å². The van der Waals surface area contributed by atoms with Crippen LogP contribution in [-0.2, 0) is 19.4 Å². The topological polar surface area (TPSA) is 67.3 Å². The maximum Gasteiger partial charge on any atom is 0.185 e. The van der Waals surface area contributed by atoms with Gasteiger partial charge in [0, 0.05) is 29.1 Å². The van der Waals surface area contributed by atoms with Gasteiger partial charge in [-0.3, -0.25) is 9.69 Å². The van der Waals surface area contributed by atoms with Gasteiger partial charge >= 0.3 is 0 Å². The molecule has 3 aromatic rings. The summed E-state index contributed by atoms with van der Waals surface area (Å²) in [6.45, 7) is 3.04. The van der Waals surface area contributed by atoms with Crippen LogP contribution in [0.3, 0.4) is 0 Å². The first-order valence-corrected chi connectivity index (χ1v) is 12.5. The minimum absolute atomic E-state index is 0.0557. The molecule has 0 spiro atoms. The quantitative estimate of drug-likeness (QED) is 0.354. The molecule has 0 radical (unpaired) electrons. The lowest BCUT2D eigenvalue weighted by atomic mass is 9.95. The van der Waals surface area contributed by atoms with Crippen molar-refractivity contribution in [3.8, 4) is 5.75 Å². The number of allylic oxidation sites excluding steroid dienone is 2. The van der Waals surface area contributed by atoms with Gasteiger partial charge in [-0.05, 0) is 99.1 Å². The molecule has 1 saturated heterocycles. The lowest BCUT2D eigenvalue weighted by Gasteiger charge is -2.30. The van der Waals surface area contributed by atoms with Crippen LogP contribution in [0.1, 0.15) is 46.4 Å². The fourth-order valence-electron chi connectivity index (χ4n) is 4.93. The van der Waals surface area contributed by atoms with E-state index < -0.39 is 0 Å². The highest BCUT2D eigenvalue weighted by Gasteiger charge is 2.19. The van der Waals surface area contributed by atoms with Crippen molar-refractivity contribution in [2.45, 2.75) is 38.6 Å². The SMILES string of the molecule is COc1ccc(CN2CCC(C=CC(=O)c3ccc(Nc4ncnc5c4CCC5)cc3)CC2)cc1. The van der Waals surface area contributed by atoms with Gasteiger partial charge in [0.1, 0.15) is 17.9 Å². The summed E-state index contributed by atoms with van der Waals surface area (Å²) in [6, 6.07) is 15.9. The third kappa shape index (κ3) is 5.77. The van der Waals surface area contributed by atoms with Crippen molar-refractivity contribution in [3.63, 3.8) is 0 Å². The minimum Gasteiger partial charge on any atom is -0.497 e. The van der Waals surface area contributed by atoms with E-state index in [2.05, 4.69) is 38.4 Å². The summed E-state index contributed by atoms with van der Waals surface area (Å²) in [5.74, 6) is 2.28. The number of carbonyl (C=O) groups is 1. The summed E-state index contributed by atoms with van der Waals surface area (Å²) in [5.41, 5.74) is 5.30. The molecular formula is C29H32N4O2. The third-order valence-electron chi connectivity index (χ3n) is 7.02. The zero-order valence-electron chi connectivity index (χ0n) is 20.2. The Kier molecular flexibility index (Phi) is 7.19. The van der Waals surface area contributed by atoms with Gasteiger partial charge in [0.05, 0.1) is 7.11 Å². The van der Waals surface area contributed by atoms with Gasteiger partial charge in [0.25, 0.3) is 0 Å². The number of hydrogen-bond donors (Lipinski definition) is 1. The van der Waals surface area contributed by atoms with Crippen LogP contribution in [0.4, 0.5) is 11.5 Å². The van der Waals surface area contributed by atoms with Crippen LogP contribution in [0.25, 0.3) is 0 Å². The highest BCUT2D eigenvalue weighted by molar-refractivity contribution is 6.04. The van der Waals surface area contributed by atoms with Gasteiger partial charge in [-0.25, -0.2) is 9.97 Å². The molecule has 0 bridgehead atoms. The van der Waals surface area contributed by atoms with Gasteiger partial charge < -0.3 is 10.1 Å². The molecule has 0 saturated carbocycles. The molecule has 1 aliphatic heterocycles. The second-order valence-electron chi connectivity index (χ2n) is 9.39. The van der Waals surface area contributed by atoms with E-state index >= 15 is 0 Å². The number of aryl methyl sites for hydroxylation is 1. The number of aromatic nitrogens is 2. The molecule has 2 heterocycles. The molecule has 0 atom stereocenters. The molecule has 1 N–H and O–H groups in total. The van der Waals surface area contributed by atoms with Crippen LogP contribution in [0, 0.1) is 5.92 Å². The fourth-order valence-corrected chi connectivity index (χ4v) is 4.93. The molecule has 6 heteroatoms. The summed E-state index contributed by atoms with van der Waals surface area (Å²) < 4.78 is 5.24. The first-order chi connectivity index (χ1) is 17.2. The number of likely N-dealkylation sites (tertiary alicyclic amines) is 1. The largest absolute Gasteiger partial charge is 0.497 e. The van der Waals surface area contributed by atoms with Gasteiger partial charge in [-0.1, -0.05) is 18.2 Å². The standard InChI is InChI=1S/C29H32N4O2/c1-35-25-12-5-22(6-13-25)19-33-17-15-21(16-18-33)7-14-28(34)23-8-10-24(11-9-23)32-29-26-3-2-4-27(26)30-20-31-29/h5-14,20-21H,2-4,15-19H2,1H3,(H,30,31,32). The molecule has 1 aromatic heterocycles. The summed E-state index contributed by atoms with van der Waals surface area (Å²) >= 11 is 0. The van der Waals surface area contributed by atoms with E-state index in [0.29, 0.717) is 11.5 Å². The molecule has 0 amide bonds. The number of anilines is 2. The Balaban J connectivity index is 1.11. The van der Waals surface area contributed by atoms with E-state index in [4.69, 9.17) is 4.74 Å². The average Bonchev–Trinajstić information content (AvgIpc) is 3.39. The second kappa shape index (κ2) is 10.8. The van der Waals surface area contributed by atoms with E-state index in [9.17, 15) is 4.79 Å². The van der Waals surface area contributed by atoms with Gasteiger partial charge in [-0.2, -0.15) is 0 Å². The molecule has 2 aromatic carbocycles. The highest BCUT2D eigenvalue weighted by Crippen LogP contribution is 2.27. The summed E-state index contributed by atoms with van der Waals surface area (Å²) in [4.78, 5) is 24.0. The number of carbonyl (C=O) groups excluding carboxylic acids is 1. The normalized spacial score (nSPS) is 16.4. The Morgan fingerprint density at radius 3 is 2.57 bits per heavy atom. The lowest BCUT2D eigenvalue weighted by Crippen LogP contribution is -2.32. The number of piperidine rings is 1. The molecule has 0 unspecified atom stereocenters. The number of fused-ring (bicyclic) bond motifs is 1. The molecule has 1 fully saturated rings. The van der Waals surface area contributed by atoms with Crippen molar-refractivity contribution in [1.82, 2.24) is 14.9 Å². The predicted octanol–water partition coefficient (Wildman–Crippen LogP) is 5.37. The van der Waals surface area contributed by atoms with E-state index in [0.717, 1.165) is 74.7 Å². The molecule has 35 heavy (non-hydrogen) atoms. The fraction of sp³-hybridized carbons (Fsp3) is 0.345. The Labute approximate surface area is 207 Å². The maximum absolute atomic E-state index is 12.7. The number of ether oxygens (including phenoxy) is 1.